The Morgan fingerprint density at radius 2 is 1.67 bits per heavy atom. The van der Waals surface area contributed by atoms with E-state index in [9.17, 15) is 14.4 Å². The average Bonchev–Trinajstić information content (AvgIpc) is 2.60. The predicted molar refractivity (Wildman–Crippen MR) is 112 cm³/mol. The third kappa shape index (κ3) is 3.31. The fraction of sp³-hybridized carbons (Fsp3) is 0.792. The standard InChI is InChI=1S/C24H36O6/c1-9-23(7)20(29-15(3)26)18(28-14(2)25)19-22(6)12-11-17(27)21(4,5)16(22)10-13-24(19,8)30-23/h9,16,18-20H,1,10-13H2,2-8H3/t16-,18-,19+,20-,22-,23+,24+/m1/s1. The van der Waals surface area contributed by atoms with E-state index in [-0.39, 0.29) is 23.0 Å². The van der Waals surface area contributed by atoms with Crippen molar-refractivity contribution in [1.29, 1.82) is 0 Å². The predicted octanol–water partition coefficient (Wildman–Crippen LogP) is 4.01. The van der Waals surface area contributed by atoms with Crippen molar-refractivity contribution >= 4 is 17.7 Å². The van der Waals surface area contributed by atoms with Crippen molar-refractivity contribution < 1.29 is 28.6 Å². The third-order valence-electron chi connectivity index (χ3n) is 8.22. The summed E-state index contributed by atoms with van der Waals surface area (Å²) < 4.78 is 18.3. The largest absolute Gasteiger partial charge is 0.458 e. The van der Waals surface area contributed by atoms with Crippen molar-refractivity contribution in [2.75, 3.05) is 0 Å². The molecule has 0 aromatic heterocycles. The van der Waals surface area contributed by atoms with Crippen molar-refractivity contribution in [3.63, 3.8) is 0 Å². The molecule has 3 rings (SSSR count). The Hall–Kier alpha value is -1.69. The second-order valence-electron chi connectivity index (χ2n) is 10.6. The van der Waals surface area contributed by atoms with E-state index in [1.807, 2.05) is 20.8 Å². The van der Waals surface area contributed by atoms with Crippen LogP contribution in [0.2, 0.25) is 0 Å². The minimum atomic E-state index is -1.000. The molecule has 30 heavy (non-hydrogen) atoms. The lowest BCUT2D eigenvalue weighted by Gasteiger charge is -2.66. The van der Waals surface area contributed by atoms with Gasteiger partial charge in [0.15, 0.2) is 6.10 Å². The van der Waals surface area contributed by atoms with Gasteiger partial charge in [-0.1, -0.05) is 26.8 Å². The molecule has 1 heterocycles. The van der Waals surface area contributed by atoms with Gasteiger partial charge in [-0.15, -0.1) is 6.58 Å². The number of fused-ring (bicyclic) bond motifs is 3. The summed E-state index contributed by atoms with van der Waals surface area (Å²) in [7, 11) is 0. The lowest BCUT2D eigenvalue weighted by Crippen LogP contribution is -2.73. The number of hydrogen-bond acceptors (Lipinski definition) is 6. The number of hydrogen-bond donors (Lipinski definition) is 0. The fourth-order valence-corrected chi connectivity index (χ4v) is 6.99. The summed E-state index contributed by atoms with van der Waals surface area (Å²) in [5.41, 5.74) is -2.39. The summed E-state index contributed by atoms with van der Waals surface area (Å²) in [6.07, 6.45) is 2.88. The molecular weight excluding hydrogens is 384 g/mol. The van der Waals surface area contributed by atoms with E-state index in [0.717, 1.165) is 12.8 Å². The molecular formula is C24H36O6. The van der Waals surface area contributed by atoms with Crippen LogP contribution in [0.15, 0.2) is 12.7 Å². The smallest absolute Gasteiger partial charge is 0.303 e. The van der Waals surface area contributed by atoms with Crippen LogP contribution in [0.5, 0.6) is 0 Å². The Bertz CT molecular complexity index is 772. The molecule has 0 N–H and O–H groups in total. The zero-order valence-corrected chi connectivity index (χ0v) is 19.4. The maximum atomic E-state index is 12.8. The van der Waals surface area contributed by atoms with Gasteiger partial charge in [-0.25, -0.2) is 0 Å². The Balaban J connectivity index is 2.18. The highest BCUT2D eigenvalue weighted by Crippen LogP contribution is 2.65. The summed E-state index contributed by atoms with van der Waals surface area (Å²) >= 11 is 0. The second-order valence-corrected chi connectivity index (χ2v) is 10.6. The highest BCUT2D eigenvalue weighted by atomic mass is 16.6. The van der Waals surface area contributed by atoms with Crippen LogP contribution >= 0.6 is 0 Å². The van der Waals surface area contributed by atoms with Gasteiger partial charge in [0.1, 0.15) is 17.5 Å². The van der Waals surface area contributed by atoms with E-state index in [1.54, 1.807) is 6.08 Å². The first-order chi connectivity index (χ1) is 13.7. The zero-order chi connectivity index (χ0) is 22.7. The Morgan fingerprint density at radius 1 is 1.07 bits per heavy atom. The highest BCUT2D eigenvalue weighted by Gasteiger charge is 2.69. The molecule has 3 aliphatic rings. The van der Waals surface area contributed by atoms with E-state index < -0.39 is 40.8 Å². The Kier molecular flexibility index (Phi) is 5.50. The first-order valence-electron chi connectivity index (χ1n) is 10.9. The van der Waals surface area contributed by atoms with Crippen LogP contribution < -0.4 is 0 Å². The van der Waals surface area contributed by atoms with E-state index in [1.165, 1.54) is 13.8 Å². The number of rotatable bonds is 3. The Labute approximate surface area is 179 Å². The molecule has 0 radical (unpaired) electrons. The van der Waals surface area contributed by atoms with Gasteiger partial charge < -0.3 is 14.2 Å². The molecule has 7 atom stereocenters. The number of esters is 2. The normalized spacial score (nSPS) is 45.0. The number of carbonyl (C=O) groups excluding carboxylic acids is 3. The molecule has 1 aliphatic heterocycles. The van der Waals surface area contributed by atoms with Crippen LogP contribution in [-0.2, 0) is 28.6 Å². The minimum absolute atomic E-state index is 0.122. The van der Waals surface area contributed by atoms with Crippen molar-refractivity contribution in [2.45, 2.75) is 97.6 Å². The molecule has 0 aromatic rings. The molecule has 0 aromatic carbocycles. The lowest BCUT2D eigenvalue weighted by molar-refractivity contribution is -0.318. The Morgan fingerprint density at radius 3 is 2.20 bits per heavy atom. The van der Waals surface area contributed by atoms with Gasteiger partial charge in [0.05, 0.1) is 5.60 Å². The molecule has 3 fully saturated rings. The summed E-state index contributed by atoms with van der Waals surface area (Å²) in [5.74, 6) is -0.713. The van der Waals surface area contributed by atoms with Crippen molar-refractivity contribution in [2.24, 2.45) is 22.7 Å². The SMILES string of the molecule is C=C[C@]1(C)O[C@@]2(C)CC[C@@H]3C(C)(C)C(=O)CC[C@@]3(C)[C@@H]2[C@@H](OC(C)=O)[C@H]1OC(C)=O. The monoisotopic (exact) mass is 420 g/mol. The summed E-state index contributed by atoms with van der Waals surface area (Å²) in [5, 5.41) is 0. The van der Waals surface area contributed by atoms with Gasteiger partial charge in [0.2, 0.25) is 0 Å². The molecule has 1 saturated heterocycles. The summed E-state index contributed by atoms with van der Waals surface area (Å²) in [4.78, 5) is 37.0. The van der Waals surface area contributed by atoms with Crippen LogP contribution in [-0.4, -0.2) is 41.1 Å². The van der Waals surface area contributed by atoms with Crippen LogP contribution in [0.25, 0.3) is 0 Å². The maximum absolute atomic E-state index is 12.8. The first-order valence-corrected chi connectivity index (χ1v) is 10.9. The van der Waals surface area contributed by atoms with E-state index in [0.29, 0.717) is 12.8 Å². The number of ether oxygens (including phenoxy) is 3. The van der Waals surface area contributed by atoms with Gasteiger partial charge in [0.25, 0.3) is 0 Å². The van der Waals surface area contributed by atoms with Gasteiger partial charge in [-0.3, -0.25) is 14.4 Å². The molecule has 0 bridgehead atoms. The van der Waals surface area contributed by atoms with Crippen LogP contribution in [0.4, 0.5) is 0 Å². The van der Waals surface area contributed by atoms with E-state index in [2.05, 4.69) is 20.4 Å². The van der Waals surface area contributed by atoms with Crippen LogP contribution in [0.3, 0.4) is 0 Å². The van der Waals surface area contributed by atoms with Gasteiger partial charge in [-0.05, 0) is 44.4 Å². The van der Waals surface area contributed by atoms with Gasteiger partial charge in [0, 0.05) is 31.6 Å². The van der Waals surface area contributed by atoms with E-state index >= 15 is 0 Å². The van der Waals surface area contributed by atoms with E-state index in [4.69, 9.17) is 14.2 Å². The van der Waals surface area contributed by atoms with Crippen molar-refractivity contribution in [3.8, 4) is 0 Å². The summed E-state index contributed by atoms with van der Waals surface area (Å²) in [6, 6.07) is 0. The molecule has 2 aliphatic carbocycles. The number of carbonyl (C=O) groups is 3. The molecule has 0 amide bonds. The molecule has 0 spiro atoms. The number of Topliss-reactive ketones (excluding diaryl/α,β-unsaturated/α-hetero) is 1. The number of ketones is 1. The highest BCUT2D eigenvalue weighted by molar-refractivity contribution is 5.85. The summed E-state index contributed by atoms with van der Waals surface area (Å²) in [6.45, 7) is 16.8. The molecule has 6 nitrogen and oxygen atoms in total. The minimum Gasteiger partial charge on any atom is -0.458 e. The topological polar surface area (TPSA) is 78.9 Å². The first kappa shape index (κ1) is 23.0. The van der Waals surface area contributed by atoms with Crippen molar-refractivity contribution in [3.05, 3.63) is 12.7 Å². The van der Waals surface area contributed by atoms with Gasteiger partial charge in [-0.2, -0.15) is 0 Å². The molecule has 2 saturated carbocycles. The maximum Gasteiger partial charge on any atom is 0.303 e. The third-order valence-corrected chi connectivity index (χ3v) is 8.22. The van der Waals surface area contributed by atoms with Gasteiger partial charge >= 0.3 is 11.9 Å². The van der Waals surface area contributed by atoms with Crippen LogP contribution in [0, 0.1) is 22.7 Å². The molecule has 6 heteroatoms. The average molecular weight is 421 g/mol. The quantitative estimate of drug-likeness (QED) is 0.507. The lowest BCUT2D eigenvalue weighted by atomic mass is 9.43. The van der Waals surface area contributed by atoms with Crippen LogP contribution in [0.1, 0.15) is 74.1 Å². The second kappa shape index (κ2) is 7.18. The fourth-order valence-electron chi connectivity index (χ4n) is 6.99. The molecule has 168 valence electrons. The molecule has 0 unspecified atom stereocenters. The zero-order valence-electron chi connectivity index (χ0n) is 19.4. The van der Waals surface area contributed by atoms with Crippen molar-refractivity contribution in [1.82, 2.24) is 0 Å².